The van der Waals surface area contributed by atoms with Crippen LogP contribution in [0.3, 0.4) is 0 Å². The molecule has 0 N–H and O–H groups in total. The molecule has 0 spiro atoms. The van der Waals surface area contributed by atoms with Crippen LogP contribution in [0.1, 0.15) is 25.7 Å². The van der Waals surface area contributed by atoms with Crippen molar-refractivity contribution in [2.75, 3.05) is 39.3 Å². The summed E-state index contributed by atoms with van der Waals surface area (Å²) < 4.78 is 26.8. The number of hydrogen-bond donors (Lipinski definition) is 0. The Morgan fingerprint density at radius 3 is 2.07 bits per heavy atom. The van der Waals surface area contributed by atoms with Gasteiger partial charge in [0, 0.05) is 57.7 Å². The van der Waals surface area contributed by atoms with Crippen molar-refractivity contribution in [1.82, 2.24) is 14.1 Å². The first kappa shape index (κ1) is 21.3. The average Bonchev–Trinajstić information content (AvgIpc) is 2.70. The third kappa shape index (κ3) is 4.98. The topological polar surface area (TPSA) is 121 Å². The van der Waals surface area contributed by atoms with Crippen molar-refractivity contribution < 1.29 is 22.9 Å². The predicted octanol–water partition coefficient (Wildman–Crippen LogP) is 0.830. The van der Waals surface area contributed by atoms with E-state index in [9.17, 15) is 28.1 Å². The predicted molar refractivity (Wildman–Crippen MR) is 103 cm³/mol. The van der Waals surface area contributed by atoms with Crippen molar-refractivity contribution in [1.29, 1.82) is 0 Å². The average molecular weight is 424 g/mol. The van der Waals surface area contributed by atoms with Crippen LogP contribution in [-0.4, -0.2) is 78.5 Å². The van der Waals surface area contributed by atoms with E-state index in [0.717, 1.165) is 0 Å². The van der Waals surface area contributed by atoms with Gasteiger partial charge in [-0.15, -0.1) is 0 Å². The zero-order valence-corrected chi connectivity index (χ0v) is 16.8. The number of nitrogens with zero attached hydrogens (tertiary/aromatic N) is 4. The van der Waals surface area contributed by atoms with E-state index in [2.05, 4.69) is 4.90 Å². The molecule has 158 valence electrons. The van der Waals surface area contributed by atoms with Gasteiger partial charge in [0.25, 0.3) is 5.69 Å². The van der Waals surface area contributed by atoms with Crippen LogP contribution in [0.15, 0.2) is 29.2 Å². The molecule has 3 rings (SSSR count). The number of likely N-dealkylation sites (tertiary alicyclic amines) is 1. The van der Waals surface area contributed by atoms with Gasteiger partial charge >= 0.3 is 0 Å². The number of piperidine rings is 1. The SMILES string of the molecule is O=C1CCCC(=O)N1CCCN1CCN(S(=O)(=O)c2ccc([N+](=O)[O-])cc2)CC1. The van der Waals surface area contributed by atoms with E-state index in [4.69, 9.17) is 0 Å². The van der Waals surface area contributed by atoms with Crippen LogP contribution >= 0.6 is 0 Å². The monoisotopic (exact) mass is 424 g/mol. The summed E-state index contributed by atoms with van der Waals surface area (Å²) >= 11 is 0. The smallest absolute Gasteiger partial charge is 0.269 e. The van der Waals surface area contributed by atoms with Crippen LogP contribution in [0.25, 0.3) is 0 Å². The largest absolute Gasteiger partial charge is 0.301 e. The van der Waals surface area contributed by atoms with E-state index in [-0.39, 0.29) is 22.4 Å². The van der Waals surface area contributed by atoms with Crippen LogP contribution < -0.4 is 0 Å². The number of benzene rings is 1. The van der Waals surface area contributed by atoms with Gasteiger partial charge in [0.15, 0.2) is 0 Å². The quantitative estimate of drug-likeness (QED) is 0.361. The summed E-state index contributed by atoms with van der Waals surface area (Å²) in [6.45, 7) is 2.82. The molecular formula is C18H24N4O6S. The molecule has 1 aromatic rings. The lowest BCUT2D eigenvalue weighted by atomic mass is 10.1. The molecule has 0 aliphatic carbocycles. The van der Waals surface area contributed by atoms with Crippen molar-refractivity contribution in [2.24, 2.45) is 0 Å². The van der Waals surface area contributed by atoms with Crippen molar-refractivity contribution in [3.05, 3.63) is 34.4 Å². The highest BCUT2D eigenvalue weighted by Crippen LogP contribution is 2.21. The number of amides is 2. The molecule has 2 fully saturated rings. The lowest BCUT2D eigenvalue weighted by molar-refractivity contribution is -0.384. The molecule has 2 amide bonds. The molecule has 0 atom stereocenters. The molecule has 0 aromatic heterocycles. The first-order valence-corrected chi connectivity index (χ1v) is 11.0. The van der Waals surface area contributed by atoms with Gasteiger partial charge in [-0.2, -0.15) is 4.31 Å². The highest BCUT2D eigenvalue weighted by atomic mass is 32.2. The van der Waals surface area contributed by atoms with Crippen LogP contribution in [0.5, 0.6) is 0 Å². The number of sulfonamides is 1. The summed E-state index contributed by atoms with van der Waals surface area (Å²) in [5, 5.41) is 10.7. The molecule has 11 heteroatoms. The highest BCUT2D eigenvalue weighted by molar-refractivity contribution is 7.89. The Bertz CT molecular complexity index is 862. The van der Waals surface area contributed by atoms with Gasteiger partial charge in [-0.05, 0) is 31.5 Å². The summed E-state index contributed by atoms with van der Waals surface area (Å²) in [6, 6.07) is 4.89. The summed E-state index contributed by atoms with van der Waals surface area (Å²) in [5.41, 5.74) is -0.153. The highest BCUT2D eigenvalue weighted by Gasteiger charge is 2.29. The zero-order valence-electron chi connectivity index (χ0n) is 16.0. The molecule has 29 heavy (non-hydrogen) atoms. The fraction of sp³-hybridized carbons (Fsp3) is 0.556. The summed E-state index contributed by atoms with van der Waals surface area (Å²) in [7, 11) is -3.69. The standard InChI is InChI=1S/C18H24N4O6S/c23-17-3-1-4-18(24)21(17)10-2-9-19-11-13-20(14-12-19)29(27,28)16-7-5-15(6-8-16)22(25)26/h5-8H,1-4,9-14H2. The van der Waals surface area contributed by atoms with Crippen LogP contribution in [0, 0.1) is 10.1 Å². The normalized spacial score (nSPS) is 19.5. The molecule has 2 aliphatic rings. The molecule has 0 bridgehead atoms. The third-order valence-electron chi connectivity index (χ3n) is 5.26. The number of imide groups is 1. The molecule has 10 nitrogen and oxygen atoms in total. The summed E-state index contributed by atoms with van der Waals surface area (Å²) in [4.78, 5) is 37.3. The number of nitro groups is 1. The van der Waals surface area contributed by atoms with E-state index in [1.54, 1.807) is 0 Å². The fourth-order valence-corrected chi connectivity index (χ4v) is 5.01. The minimum atomic E-state index is -3.69. The molecule has 0 saturated carbocycles. The molecule has 0 radical (unpaired) electrons. The number of rotatable bonds is 7. The number of non-ortho nitro benzene ring substituents is 1. The van der Waals surface area contributed by atoms with Crippen LogP contribution in [0.4, 0.5) is 5.69 Å². The first-order chi connectivity index (χ1) is 13.8. The van der Waals surface area contributed by atoms with Crippen molar-refractivity contribution in [3.63, 3.8) is 0 Å². The van der Waals surface area contributed by atoms with Gasteiger partial charge in [-0.1, -0.05) is 0 Å². The van der Waals surface area contributed by atoms with Crippen LogP contribution in [-0.2, 0) is 19.6 Å². The van der Waals surface area contributed by atoms with Gasteiger partial charge in [0.05, 0.1) is 9.82 Å². The Hall–Kier alpha value is -2.37. The summed E-state index contributed by atoms with van der Waals surface area (Å²) in [5.74, 6) is -0.222. The molecular weight excluding hydrogens is 400 g/mol. The Morgan fingerprint density at radius 2 is 1.52 bits per heavy atom. The number of carbonyl (C=O) groups is 2. The second-order valence-corrected chi connectivity index (χ2v) is 9.08. The van der Waals surface area contributed by atoms with E-state index in [1.807, 2.05) is 0 Å². The van der Waals surface area contributed by atoms with Crippen molar-refractivity contribution in [3.8, 4) is 0 Å². The summed E-state index contributed by atoms with van der Waals surface area (Å²) in [6.07, 6.45) is 2.13. The maximum absolute atomic E-state index is 12.7. The second kappa shape index (κ2) is 8.97. The maximum Gasteiger partial charge on any atom is 0.269 e. The number of nitro benzene ring substituents is 1. The van der Waals surface area contributed by atoms with Crippen LogP contribution in [0.2, 0.25) is 0 Å². The van der Waals surface area contributed by atoms with Gasteiger partial charge in [0.1, 0.15) is 0 Å². The fourth-order valence-electron chi connectivity index (χ4n) is 3.58. The van der Waals surface area contributed by atoms with Gasteiger partial charge in [-0.3, -0.25) is 24.6 Å². The minimum Gasteiger partial charge on any atom is -0.301 e. The Kier molecular flexibility index (Phi) is 6.60. The Balaban J connectivity index is 1.48. The second-order valence-electron chi connectivity index (χ2n) is 7.14. The lowest BCUT2D eigenvalue weighted by Crippen LogP contribution is -2.49. The van der Waals surface area contributed by atoms with Crippen molar-refractivity contribution >= 4 is 27.5 Å². The molecule has 2 heterocycles. The molecule has 2 saturated heterocycles. The Morgan fingerprint density at radius 1 is 0.931 bits per heavy atom. The van der Waals surface area contributed by atoms with E-state index in [1.165, 1.54) is 33.5 Å². The maximum atomic E-state index is 12.7. The first-order valence-electron chi connectivity index (χ1n) is 9.59. The van der Waals surface area contributed by atoms with E-state index >= 15 is 0 Å². The third-order valence-corrected chi connectivity index (χ3v) is 7.17. The number of piperazine rings is 1. The van der Waals surface area contributed by atoms with Crippen molar-refractivity contribution in [2.45, 2.75) is 30.6 Å². The number of carbonyl (C=O) groups excluding carboxylic acids is 2. The Labute approximate surface area is 169 Å². The molecule has 2 aliphatic heterocycles. The molecule has 0 unspecified atom stereocenters. The van der Waals surface area contributed by atoms with Gasteiger partial charge < -0.3 is 4.90 Å². The minimum absolute atomic E-state index is 0.0404. The number of hydrogen-bond acceptors (Lipinski definition) is 7. The zero-order chi connectivity index (χ0) is 21.0. The van der Waals surface area contributed by atoms with E-state index < -0.39 is 14.9 Å². The van der Waals surface area contributed by atoms with E-state index in [0.29, 0.717) is 65.0 Å². The van der Waals surface area contributed by atoms with Gasteiger partial charge in [-0.25, -0.2) is 8.42 Å². The lowest BCUT2D eigenvalue weighted by Gasteiger charge is -2.34. The molecule has 1 aromatic carbocycles. The van der Waals surface area contributed by atoms with Gasteiger partial charge in [0.2, 0.25) is 21.8 Å².